The molecule has 1 aliphatic heterocycles. The fraction of sp³-hybridized carbons (Fsp3) is 0.786. The van der Waals surface area contributed by atoms with E-state index in [2.05, 4.69) is 10.1 Å². The van der Waals surface area contributed by atoms with E-state index in [0.29, 0.717) is 32.4 Å². The Morgan fingerprint density at radius 2 is 2.05 bits per heavy atom. The molecule has 118 valence electrons. The lowest BCUT2D eigenvalue weighted by Crippen LogP contribution is -2.51. The van der Waals surface area contributed by atoms with Crippen LogP contribution in [0, 0.1) is 11.3 Å². The Morgan fingerprint density at radius 3 is 2.67 bits per heavy atom. The topological polar surface area (TPSA) is 95.9 Å². The number of nitrogens with zero attached hydrogens (tertiary/aromatic N) is 1. The molecular weight excluding hydrogens is 276 g/mol. The molecule has 3 unspecified atom stereocenters. The van der Waals surface area contributed by atoms with Crippen molar-refractivity contribution in [1.29, 1.82) is 0 Å². The van der Waals surface area contributed by atoms with Crippen molar-refractivity contribution in [2.24, 2.45) is 11.3 Å². The van der Waals surface area contributed by atoms with Gasteiger partial charge in [-0.1, -0.05) is 6.42 Å². The fourth-order valence-electron chi connectivity index (χ4n) is 3.20. The van der Waals surface area contributed by atoms with E-state index in [9.17, 15) is 19.5 Å². The van der Waals surface area contributed by atoms with Gasteiger partial charge in [0.05, 0.1) is 18.4 Å². The van der Waals surface area contributed by atoms with Crippen LogP contribution in [0.25, 0.3) is 0 Å². The summed E-state index contributed by atoms with van der Waals surface area (Å²) in [6, 6.07) is -0.652. The number of rotatable bonds is 3. The van der Waals surface area contributed by atoms with E-state index in [0.717, 1.165) is 6.42 Å². The molecule has 1 saturated heterocycles. The first kappa shape index (κ1) is 15.6. The number of ether oxygens (including phenoxy) is 1. The summed E-state index contributed by atoms with van der Waals surface area (Å²) in [6.45, 7) is 2.49. The largest absolute Gasteiger partial charge is 0.481 e. The molecule has 1 saturated carbocycles. The minimum atomic E-state index is -0.906. The third-order valence-corrected chi connectivity index (χ3v) is 4.75. The van der Waals surface area contributed by atoms with Gasteiger partial charge in [-0.2, -0.15) is 0 Å². The van der Waals surface area contributed by atoms with Crippen LogP contribution in [0.15, 0.2) is 0 Å². The molecule has 1 heterocycles. The Labute approximate surface area is 123 Å². The van der Waals surface area contributed by atoms with Crippen molar-refractivity contribution in [1.82, 2.24) is 10.2 Å². The predicted octanol–water partition coefficient (Wildman–Crippen LogP) is 0.834. The van der Waals surface area contributed by atoms with Crippen LogP contribution in [0.3, 0.4) is 0 Å². The molecule has 7 heteroatoms. The lowest BCUT2D eigenvalue weighted by atomic mass is 9.85. The van der Waals surface area contributed by atoms with Gasteiger partial charge < -0.3 is 20.1 Å². The minimum absolute atomic E-state index is 0.282. The van der Waals surface area contributed by atoms with Crippen LogP contribution in [0.2, 0.25) is 0 Å². The first-order valence-electron chi connectivity index (χ1n) is 7.25. The molecule has 0 bridgehead atoms. The number of urea groups is 1. The number of carbonyl (C=O) groups excluding carboxylic acids is 2. The zero-order valence-corrected chi connectivity index (χ0v) is 12.4. The number of carboxylic acid groups (broad SMARTS) is 1. The van der Waals surface area contributed by atoms with Gasteiger partial charge in [0, 0.05) is 19.1 Å². The van der Waals surface area contributed by atoms with E-state index in [1.165, 1.54) is 7.11 Å². The zero-order chi connectivity index (χ0) is 15.6. The minimum Gasteiger partial charge on any atom is -0.481 e. The number of amides is 2. The molecule has 0 radical (unpaired) electrons. The summed E-state index contributed by atoms with van der Waals surface area (Å²) < 4.78 is 4.69. The number of nitrogens with one attached hydrogen (secondary N) is 1. The second kappa shape index (κ2) is 5.91. The number of hydrogen-bond donors (Lipinski definition) is 2. The second-order valence-corrected chi connectivity index (χ2v) is 6.07. The summed E-state index contributed by atoms with van der Waals surface area (Å²) in [4.78, 5) is 36.6. The Morgan fingerprint density at radius 1 is 1.33 bits per heavy atom. The molecule has 2 N–H and O–H groups in total. The number of methoxy groups -OCH3 is 1. The number of likely N-dealkylation sites (tertiary alicyclic amines) is 1. The molecule has 2 fully saturated rings. The molecule has 7 nitrogen and oxygen atoms in total. The number of esters is 1. The highest BCUT2D eigenvalue weighted by atomic mass is 16.5. The molecule has 2 rings (SSSR count). The van der Waals surface area contributed by atoms with Crippen LogP contribution in [0.4, 0.5) is 4.79 Å². The van der Waals surface area contributed by atoms with Crippen molar-refractivity contribution < 1.29 is 24.2 Å². The Bertz CT molecular complexity index is 453. The molecule has 0 aromatic carbocycles. The third kappa shape index (κ3) is 2.96. The zero-order valence-electron chi connectivity index (χ0n) is 12.4. The molecule has 2 aliphatic rings. The van der Waals surface area contributed by atoms with E-state index < -0.39 is 11.4 Å². The number of carbonyl (C=O) groups is 3. The van der Waals surface area contributed by atoms with Gasteiger partial charge in [0.1, 0.15) is 0 Å². The average Bonchev–Trinajstić information content (AvgIpc) is 3.06. The normalized spacial score (nSPS) is 32.0. The van der Waals surface area contributed by atoms with Crippen LogP contribution in [-0.4, -0.2) is 54.2 Å². The quantitative estimate of drug-likeness (QED) is 0.753. The van der Waals surface area contributed by atoms with Gasteiger partial charge in [-0.05, 0) is 26.2 Å². The van der Waals surface area contributed by atoms with Gasteiger partial charge in [-0.25, -0.2) is 4.79 Å². The number of hydrogen-bond acceptors (Lipinski definition) is 4. The summed E-state index contributed by atoms with van der Waals surface area (Å²) >= 11 is 0. The van der Waals surface area contributed by atoms with Crippen LogP contribution >= 0.6 is 0 Å². The van der Waals surface area contributed by atoms with Crippen molar-refractivity contribution in [3.05, 3.63) is 0 Å². The highest BCUT2D eigenvalue weighted by Crippen LogP contribution is 2.38. The maximum atomic E-state index is 12.2. The summed E-state index contributed by atoms with van der Waals surface area (Å²) in [5.41, 5.74) is -0.906. The molecule has 0 spiro atoms. The molecule has 0 aromatic rings. The molecule has 0 aromatic heterocycles. The molecule has 2 amide bonds. The lowest BCUT2D eigenvalue weighted by molar-refractivity contribution is -0.148. The van der Waals surface area contributed by atoms with E-state index in [1.54, 1.807) is 11.8 Å². The smallest absolute Gasteiger partial charge is 0.317 e. The Balaban J connectivity index is 1.93. The third-order valence-electron chi connectivity index (χ3n) is 4.75. The SMILES string of the molecule is COC(=O)C1CCN(C(=O)NC2CCCC2(C)C(=O)O)C1. The fourth-order valence-corrected chi connectivity index (χ4v) is 3.20. The summed E-state index contributed by atoms with van der Waals surface area (Å²) in [7, 11) is 1.34. The van der Waals surface area contributed by atoms with Crippen molar-refractivity contribution in [3.63, 3.8) is 0 Å². The van der Waals surface area contributed by atoms with Crippen LogP contribution in [0.1, 0.15) is 32.6 Å². The number of carboxylic acids is 1. The highest BCUT2D eigenvalue weighted by Gasteiger charge is 2.46. The molecule has 3 atom stereocenters. The lowest BCUT2D eigenvalue weighted by Gasteiger charge is -2.29. The van der Waals surface area contributed by atoms with Crippen molar-refractivity contribution >= 4 is 18.0 Å². The van der Waals surface area contributed by atoms with E-state index >= 15 is 0 Å². The highest BCUT2D eigenvalue weighted by molar-refractivity contribution is 5.80. The predicted molar refractivity (Wildman–Crippen MR) is 73.6 cm³/mol. The van der Waals surface area contributed by atoms with Crippen LogP contribution in [-0.2, 0) is 14.3 Å². The van der Waals surface area contributed by atoms with Crippen molar-refractivity contribution in [2.45, 2.75) is 38.6 Å². The first-order valence-corrected chi connectivity index (χ1v) is 7.25. The monoisotopic (exact) mass is 298 g/mol. The average molecular weight is 298 g/mol. The van der Waals surface area contributed by atoms with Gasteiger partial charge in [-0.15, -0.1) is 0 Å². The van der Waals surface area contributed by atoms with Gasteiger partial charge >= 0.3 is 18.0 Å². The maximum absolute atomic E-state index is 12.2. The second-order valence-electron chi connectivity index (χ2n) is 6.07. The number of aliphatic carboxylic acids is 1. The van der Waals surface area contributed by atoms with E-state index in [-0.39, 0.29) is 24.0 Å². The maximum Gasteiger partial charge on any atom is 0.317 e. The molecule has 1 aliphatic carbocycles. The first-order chi connectivity index (χ1) is 9.88. The van der Waals surface area contributed by atoms with Crippen LogP contribution in [0.5, 0.6) is 0 Å². The van der Waals surface area contributed by atoms with Crippen molar-refractivity contribution in [2.75, 3.05) is 20.2 Å². The standard InChI is InChI=1S/C14H22N2O5/c1-14(12(18)19)6-3-4-10(14)15-13(20)16-7-5-9(8-16)11(17)21-2/h9-10H,3-8H2,1-2H3,(H,15,20)(H,18,19). The Kier molecular flexibility index (Phi) is 4.39. The van der Waals surface area contributed by atoms with Gasteiger partial charge in [-0.3, -0.25) is 9.59 Å². The van der Waals surface area contributed by atoms with Gasteiger partial charge in [0.2, 0.25) is 0 Å². The van der Waals surface area contributed by atoms with Crippen molar-refractivity contribution in [3.8, 4) is 0 Å². The summed E-state index contributed by atoms with van der Waals surface area (Å²) in [6.07, 6.45) is 2.61. The van der Waals surface area contributed by atoms with E-state index in [1.807, 2.05) is 0 Å². The summed E-state index contributed by atoms with van der Waals surface area (Å²) in [5, 5.41) is 12.2. The van der Waals surface area contributed by atoms with E-state index in [4.69, 9.17) is 0 Å². The summed E-state index contributed by atoms with van der Waals surface area (Å²) in [5.74, 6) is -1.46. The van der Waals surface area contributed by atoms with Gasteiger partial charge in [0.15, 0.2) is 0 Å². The van der Waals surface area contributed by atoms with Crippen LogP contribution < -0.4 is 5.32 Å². The molecule has 21 heavy (non-hydrogen) atoms. The van der Waals surface area contributed by atoms with Gasteiger partial charge in [0.25, 0.3) is 0 Å². The molecular formula is C14H22N2O5. The Hall–Kier alpha value is -1.79.